The molecule has 0 aliphatic carbocycles. The van der Waals surface area contributed by atoms with Crippen molar-refractivity contribution in [2.45, 2.75) is 20.3 Å². The van der Waals surface area contributed by atoms with Gasteiger partial charge in [0.25, 0.3) is 5.91 Å². The van der Waals surface area contributed by atoms with E-state index < -0.39 is 0 Å². The first-order valence-electron chi connectivity index (χ1n) is 8.31. The largest absolute Gasteiger partial charge is 0.365 e. The zero-order valence-electron chi connectivity index (χ0n) is 14.2. The quantitative estimate of drug-likeness (QED) is 0.940. The maximum atomic E-state index is 12.6. The lowest BCUT2D eigenvalue weighted by Crippen LogP contribution is -2.51. The number of aryl methyl sites for hydroxylation is 2. The number of piperazine rings is 1. The lowest BCUT2D eigenvalue weighted by Gasteiger charge is -2.35. The lowest BCUT2D eigenvalue weighted by molar-refractivity contribution is -0.132. The zero-order chi connectivity index (χ0) is 17.1. The van der Waals surface area contributed by atoms with Gasteiger partial charge in [0.05, 0.1) is 6.42 Å². The monoisotopic (exact) mass is 325 g/mol. The third-order valence-electron chi connectivity index (χ3n) is 4.68. The van der Waals surface area contributed by atoms with Gasteiger partial charge in [0.15, 0.2) is 0 Å². The van der Waals surface area contributed by atoms with E-state index in [9.17, 15) is 9.59 Å². The highest BCUT2D eigenvalue weighted by Gasteiger charge is 2.25. The average molecular weight is 325 g/mol. The first kappa shape index (κ1) is 16.3. The predicted octanol–water partition coefficient (Wildman–Crippen LogP) is 2.16. The number of aromatic amines is 1. The normalized spacial score (nSPS) is 14.8. The van der Waals surface area contributed by atoms with Crippen molar-refractivity contribution in [3.63, 3.8) is 0 Å². The van der Waals surface area contributed by atoms with Crippen molar-refractivity contribution in [2.24, 2.45) is 0 Å². The summed E-state index contributed by atoms with van der Waals surface area (Å²) >= 11 is 0. The number of carbonyl (C=O) groups is 2. The van der Waals surface area contributed by atoms with Crippen LogP contribution < -0.4 is 0 Å². The van der Waals surface area contributed by atoms with Crippen molar-refractivity contribution in [2.75, 3.05) is 26.2 Å². The molecule has 2 aromatic rings. The van der Waals surface area contributed by atoms with E-state index in [1.807, 2.05) is 60.2 Å². The highest BCUT2D eigenvalue weighted by molar-refractivity contribution is 5.94. The Morgan fingerprint density at radius 2 is 1.71 bits per heavy atom. The summed E-state index contributed by atoms with van der Waals surface area (Å²) in [6.07, 6.45) is 2.21. The summed E-state index contributed by atoms with van der Waals surface area (Å²) < 4.78 is 0. The van der Waals surface area contributed by atoms with Crippen LogP contribution in [0.1, 0.15) is 27.2 Å². The summed E-state index contributed by atoms with van der Waals surface area (Å²) in [5.41, 5.74) is 3.96. The second-order valence-electron chi connectivity index (χ2n) is 6.34. The molecule has 3 rings (SSSR count). The van der Waals surface area contributed by atoms with E-state index in [1.165, 1.54) is 5.56 Å². The first-order valence-corrected chi connectivity index (χ1v) is 8.31. The van der Waals surface area contributed by atoms with Crippen LogP contribution in [0.25, 0.3) is 0 Å². The molecule has 1 N–H and O–H groups in total. The minimum absolute atomic E-state index is 0.0505. The topological polar surface area (TPSA) is 56.4 Å². The van der Waals surface area contributed by atoms with E-state index in [4.69, 9.17) is 0 Å². The van der Waals surface area contributed by atoms with Gasteiger partial charge in [-0.1, -0.05) is 6.07 Å². The second-order valence-corrected chi connectivity index (χ2v) is 6.34. The van der Waals surface area contributed by atoms with Crippen molar-refractivity contribution in [3.05, 3.63) is 58.9 Å². The van der Waals surface area contributed by atoms with Crippen LogP contribution in [0.15, 0.2) is 36.5 Å². The summed E-state index contributed by atoms with van der Waals surface area (Å²) in [5.74, 6) is 0.158. The number of nitrogens with one attached hydrogen (secondary N) is 1. The van der Waals surface area contributed by atoms with E-state index in [-0.39, 0.29) is 11.8 Å². The van der Waals surface area contributed by atoms with Crippen LogP contribution in [-0.2, 0) is 11.2 Å². The molecular weight excluding hydrogens is 302 g/mol. The summed E-state index contributed by atoms with van der Waals surface area (Å²) in [7, 11) is 0. The molecule has 1 aliphatic rings. The minimum Gasteiger partial charge on any atom is -0.365 e. The Morgan fingerprint density at radius 3 is 2.33 bits per heavy atom. The second kappa shape index (κ2) is 6.91. The fourth-order valence-corrected chi connectivity index (χ4v) is 2.97. The molecule has 0 atom stereocenters. The Bertz CT molecular complexity index is 729. The van der Waals surface area contributed by atoms with Crippen LogP contribution in [0, 0.1) is 13.8 Å². The van der Waals surface area contributed by atoms with Crippen LogP contribution in [0.3, 0.4) is 0 Å². The molecule has 2 heterocycles. The third-order valence-corrected chi connectivity index (χ3v) is 4.68. The van der Waals surface area contributed by atoms with Gasteiger partial charge < -0.3 is 14.8 Å². The number of nitrogens with zero attached hydrogens (tertiary/aromatic N) is 2. The number of benzene rings is 1. The van der Waals surface area contributed by atoms with E-state index in [0.29, 0.717) is 32.6 Å². The van der Waals surface area contributed by atoms with E-state index in [2.05, 4.69) is 4.98 Å². The van der Waals surface area contributed by atoms with Gasteiger partial charge in [-0.25, -0.2) is 0 Å². The molecule has 2 amide bonds. The minimum atomic E-state index is 0.0505. The molecule has 0 radical (unpaired) electrons. The Hall–Kier alpha value is -2.56. The van der Waals surface area contributed by atoms with Crippen LogP contribution in [0.4, 0.5) is 0 Å². The van der Waals surface area contributed by atoms with Crippen molar-refractivity contribution < 1.29 is 9.59 Å². The highest BCUT2D eigenvalue weighted by Crippen LogP contribution is 2.14. The smallest absolute Gasteiger partial charge is 0.253 e. The van der Waals surface area contributed by atoms with Crippen LogP contribution >= 0.6 is 0 Å². The van der Waals surface area contributed by atoms with Gasteiger partial charge in [0, 0.05) is 43.6 Å². The fraction of sp³-hybridized carbons (Fsp3) is 0.368. The third kappa shape index (κ3) is 3.50. The molecule has 5 nitrogen and oxygen atoms in total. The molecule has 1 aromatic heterocycles. The van der Waals surface area contributed by atoms with Gasteiger partial charge in [-0.2, -0.15) is 0 Å². The van der Waals surface area contributed by atoms with Crippen LogP contribution in [-0.4, -0.2) is 52.8 Å². The van der Waals surface area contributed by atoms with E-state index in [1.54, 1.807) is 0 Å². The van der Waals surface area contributed by atoms with Gasteiger partial charge in [0.1, 0.15) is 0 Å². The maximum Gasteiger partial charge on any atom is 0.253 e. The van der Waals surface area contributed by atoms with Gasteiger partial charge in [-0.05, 0) is 49.2 Å². The van der Waals surface area contributed by atoms with Crippen molar-refractivity contribution in [3.8, 4) is 0 Å². The van der Waals surface area contributed by atoms with E-state index in [0.717, 1.165) is 16.8 Å². The van der Waals surface area contributed by atoms with Crippen molar-refractivity contribution in [1.82, 2.24) is 14.8 Å². The Labute approximate surface area is 142 Å². The molecule has 24 heavy (non-hydrogen) atoms. The van der Waals surface area contributed by atoms with Gasteiger partial charge in [-0.3, -0.25) is 9.59 Å². The molecule has 126 valence electrons. The SMILES string of the molecule is Cc1ccc(C(=O)N2CCN(C(=O)Cc3ccc[nH]3)CC2)cc1C. The van der Waals surface area contributed by atoms with Crippen molar-refractivity contribution in [1.29, 1.82) is 0 Å². The summed E-state index contributed by atoms with van der Waals surface area (Å²) in [4.78, 5) is 31.6. The highest BCUT2D eigenvalue weighted by atomic mass is 16.2. The summed E-state index contributed by atoms with van der Waals surface area (Å²) in [6, 6.07) is 9.62. The number of rotatable bonds is 3. The standard InChI is InChI=1S/C19H23N3O2/c1-14-5-6-16(12-15(14)2)19(24)22-10-8-21(9-11-22)18(23)13-17-4-3-7-20-17/h3-7,12,20H,8-11,13H2,1-2H3. The van der Waals surface area contributed by atoms with Crippen LogP contribution in [0.5, 0.6) is 0 Å². The molecule has 0 unspecified atom stereocenters. The molecule has 5 heteroatoms. The number of aromatic nitrogens is 1. The molecule has 1 saturated heterocycles. The molecular formula is C19H23N3O2. The molecule has 0 spiro atoms. The first-order chi connectivity index (χ1) is 11.5. The predicted molar refractivity (Wildman–Crippen MR) is 92.9 cm³/mol. The molecule has 1 aliphatic heterocycles. The summed E-state index contributed by atoms with van der Waals surface area (Å²) in [5, 5.41) is 0. The van der Waals surface area contributed by atoms with E-state index >= 15 is 0 Å². The molecule has 1 aromatic carbocycles. The average Bonchev–Trinajstić information content (AvgIpc) is 3.10. The number of carbonyl (C=O) groups excluding carboxylic acids is 2. The molecule has 1 fully saturated rings. The van der Waals surface area contributed by atoms with Crippen LogP contribution in [0.2, 0.25) is 0 Å². The van der Waals surface area contributed by atoms with Gasteiger partial charge >= 0.3 is 0 Å². The number of hydrogen-bond acceptors (Lipinski definition) is 2. The molecule has 0 saturated carbocycles. The summed E-state index contributed by atoms with van der Waals surface area (Å²) in [6.45, 7) is 6.41. The Balaban J connectivity index is 1.57. The maximum absolute atomic E-state index is 12.6. The van der Waals surface area contributed by atoms with Gasteiger partial charge in [-0.15, -0.1) is 0 Å². The lowest BCUT2D eigenvalue weighted by atomic mass is 10.1. The fourth-order valence-electron chi connectivity index (χ4n) is 2.97. The zero-order valence-corrected chi connectivity index (χ0v) is 14.2. The number of hydrogen-bond donors (Lipinski definition) is 1. The Kier molecular flexibility index (Phi) is 4.69. The number of H-pyrrole nitrogens is 1. The molecule has 0 bridgehead atoms. The Morgan fingerprint density at radius 1 is 1.00 bits per heavy atom. The van der Waals surface area contributed by atoms with Crippen molar-refractivity contribution >= 4 is 11.8 Å². The number of amides is 2. The van der Waals surface area contributed by atoms with Gasteiger partial charge in [0.2, 0.25) is 5.91 Å².